The Morgan fingerprint density at radius 2 is 0.780 bits per heavy atom. The summed E-state index contributed by atoms with van der Waals surface area (Å²) in [4.78, 5) is 54.8. The summed E-state index contributed by atoms with van der Waals surface area (Å²) in [7, 11) is 0. The van der Waals surface area contributed by atoms with Crippen molar-refractivity contribution >= 4 is 23.8 Å². The molecule has 8 heteroatoms. The van der Waals surface area contributed by atoms with E-state index in [0.29, 0.717) is 26.2 Å². The van der Waals surface area contributed by atoms with Gasteiger partial charge in [-0.05, 0) is 64.2 Å². The highest BCUT2D eigenvalue weighted by molar-refractivity contribution is 5.87. The van der Waals surface area contributed by atoms with Crippen molar-refractivity contribution in [2.24, 2.45) is 17.3 Å². The van der Waals surface area contributed by atoms with Crippen molar-refractivity contribution in [3.63, 3.8) is 0 Å². The van der Waals surface area contributed by atoms with Gasteiger partial charge in [0.1, 0.15) is 0 Å². The van der Waals surface area contributed by atoms with Gasteiger partial charge in [0.2, 0.25) is 11.8 Å². The summed E-state index contributed by atoms with van der Waals surface area (Å²) in [6, 6.07) is 0. The van der Waals surface area contributed by atoms with Crippen LogP contribution in [0.3, 0.4) is 0 Å². The Morgan fingerprint density at radius 1 is 0.492 bits per heavy atom. The maximum Gasteiger partial charge on any atom is 0.311 e. The maximum absolute atomic E-state index is 12.9. The number of hydrogen-bond donors (Lipinski definition) is 0. The summed E-state index contributed by atoms with van der Waals surface area (Å²) < 4.78 is 11.3. The highest BCUT2D eigenvalue weighted by Gasteiger charge is 2.38. The van der Waals surface area contributed by atoms with Crippen molar-refractivity contribution in [3.8, 4) is 0 Å². The number of hydrogen-bond acceptors (Lipinski definition) is 6. The largest absolute Gasteiger partial charge is 0.465 e. The van der Waals surface area contributed by atoms with Crippen LogP contribution in [-0.2, 0) is 28.7 Å². The van der Waals surface area contributed by atoms with Gasteiger partial charge in [0, 0.05) is 44.4 Å². The van der Waals surface area contributed by atoms with Gasteiger partial charge < -0.3 is 19.3 Å². The minimum Gasteiger partial charge on any atom is -0.465 e. The average Bonchev–Trinajstić information content (AvgIpc) is 3.79. The highest BCUT2D eigenvalue weighted by atomic mass is 16.5. The molecule has 8 nitrogen and oxygen atoms in total. The lowest BCUT2D eigenvalue weighted by Crippen LogP contribution is -2.33. The number of esters is 2. The summed E-state index contributed by atoms with van der Waals surface area (Å²) in [5.41, 5.74) is -0.580. The van der Waals surface area contributed by atoms with E-state index >= 15 is 0 Å². The molecule has 0 spiro atoms. The molecule has 2 unspecified atom stereocenters. The molecule has 59 heavy (non-hydrogen) atoms. The van der Waals surface area contributed by atoms with E-state index in [1.807, 2.05) is 23.6 Å². The molecule has 0 aromatic rings. The van der Waals surface area contributed by atoms with Crippen LogP contribution in [0.25, 0.3) is 0 Å². The second-order valence-corrected chi connectivity index (χ2v) is 18.7. The topological polar surface area (TPSA) is 93.2 Å². The Balaban J connectivity index is 1.47. The number of carbonyl (C=O) groups is 4. The Bertz CT molecular complexity index is 1090. The standard InChI is InChI=1S/C51H90N2O6/c1-5-7-9-11-13-15-17-19-21-23-25-27-29-31-33-35-37-52-41-45(39-47(52)54)49(56)58-43-51(3,4)44-59-50(57)46-40-48(55)53(42-46)38-36-34-32-30-28-26-24-22-20-18-16-14-12-10-8-6-2/h19-22,45-46H,5-18,23-44H2,1-4H3/b21-19-,22-20-. The predicted molar refractivity (Wildman–Crippen MR) is 244 cm³/mol. The van der Waals surface area contributed by atoms with Crippen molar-refractivity contribution in [3.05, 3.63) is 24.3 Å². The van der Waals surface area contributed by atoms with Gasteiger partial charge in [0.25, 0.3) is 0 Å². The van der Waals surface area contributed by atoms with Gasteiger partial charge in [-0.25, -0.2) is 0 Å². The summed E-state index contributed by atoms with van der Waals surface area (Å²) in [6.45, 7) is 10.8. The zero-order valence-corrected chi connectivity index (χ0v) is 38.8. The quantitative estimate of drug-likeness (QED) is 0.0350. The molecule has 0 aromatic carbocycles. The molecule has 2 amide bonds. The first-order valence-corrected chi connectivity index (χ1v) is 24.9. The molecule has 0 N–H and O–H groups in total. The Labute approximate surface area is 362 Å². The zero-order valence-electron chi connectivity index (χ0n) is 38.8. The van der Waals surface area contributed by atoms with E-state index in [0.717, 1.165) is 25.7 Å². The molecular formula is C51H90N2O6. The minimum absolute atomic E-state index is 0.0284. The Kier molecular flexibility index (Phi) is 30.3. The first kappa shape index (κ1) is 52.5. The molecule has 2 aliphatic heterocycles. The Morgan fingerprint density at radius 3 is 1.10 bits per heavy atom. The number of likely N-dealkylation sites (tertiary alicyclic amines) is 2. The molecule has 340 valence electrons. The number of amides is 2. The summed E-state index contributed by atoms with van der Waals surface area (Å²) >= 11 is 0. The van der Waals surface area contributed by atoms with Gasteiger partial charge in [-0.2, -0.15) is 0 Å². The fraction of sp³-hybridized carbons (Fsp3) is 0.843. The molecule has 0 aliphatic carbocycles. The average molecular weight is 827 g/mol. The summed E-state index contributed by atoms with van der Waals surface area (Å²) in [5, 5.41) is 0. The first-order valence-electron chi connectivity index (χ1n) is 24.9. The summed E-state index contributed by atoms with van der Waals surface area (Å²) in [6.07, 6.45) is 44.9. The fourth-order valence-corrected chi connectivity index (χ4v) is 8.20. The van der Waals surface area contributed by atoms with Gasteiger partial charge >= 0.3 is 11.9 Å². The van der Waals surface area contributed by atoms with Crippen LogP contribution in [-0.4, -0.2) is 72.9 Å². The van der Waals surface area contributed by atoms with Crippen LogP contribution in [0.5, 0.6) is 0 Å². The van der Waals surface area contributed by atoms with Crippen molar-refractivity contribution in [2.75, 3.05) is 39.4 Å². The fourth-order valence-electron chi connectivity index (χ4n) is 8.20. The highest BCUT2D eigenvalue weighted by Crippen LogP contribution is 2.25. The number of unbranched alkanes of at least 4 members (excludes halogenated alkanes) is 24. The molecule has 2 atom stereocenters. The van der Waals surface area contributed by atoms with Gasteiger partial charge in [0.05, 0.1) is 25.0 Å². The zero-order chi connectivity index (χ0) is 42.8. The van der Waals surface area contributed by atoms with Crippen LogP contribution in [0, 0.1) is 17.3 Å². The summed E-state index contributed by atoms with van der Waals surface area (Å²) in [5.74, 6) is -1.55. The lowest BCUT2D eigenvalue weighted by molar-refractivity contribution is -0.157. The second kappa shape index (κ2) is 34.0. The van der Waals surface area contributed by atoms with Crippen LogP contribution in [0.1, 0.15) is 220 Å². The van der Waals surface area contributed by atoms with E-state index in [-0.39, 0.29) is 49.8 Å². The first-order chi connectivity index (χ1) is 28.7. The second-order valence-electron chi connectivity index (χ2n) is 18.7. The minimum atomic E-state index is -0.580. The lowest BCUT2D eigenvalue weighted by atomic mass is 9.96. The van der Waals surface area contributed by atoms with E-state index < -0.39 is 17.3 Å². The number of nitrogens with zero attached hydrogens (tertiary/aromatic N) is 2. The molecule has 2 saturated heterocycles. The van der Waals surface area contributed by atoms with Crippen LogP contribution in [0.4, 0.5) is 0 Å². The van der Waals surface area contributed by atoms with Crippen molar-refractivity contribution in [1.29, 1.82) is 0 Å². The van der Waals surface area contributed by atoms with Crippen molar-refractivity contribution in [1.82, 2.24) is 9.80 Å². The van der Waals surface area contributed by atoms with Crippen LogP contribution in [0.15, 0.2) is 24.3 Å². The number of carbonyl (C=O) groups excluding carboxylic acids is 4. The molecular weight excluding hydrogens is 737 g/mol. The van der Waals surface area contributed by atoms with Crippen LogP contribution < -0.4 is 0 Å². The molecule has 0 bridgehead atoms. The molecule has 2 aliphatic rings. The monoisotopic (exact) mass is 827 g/mol. The van der Waals surface area contributed by atoms with E-state index in [2.05, 4.69) is 38.2 Å². The van der Waals surface area contributed by atoms with Crippen molar-refractivity contribution in [2.45, 2.75) is 220 Å². The van der Waals surface area contributed by atoms with Gasteiger partial charge in [-0.3, -0.25) is 19.2 Å². The number of ether oxygens (including phenoxy) is 2. The molecule has 2 heterocycles. The molecule has 0 radical (unpaired) electrons. The SMILES string of the molecule is CCCCCCCC/C=C\CCCCCCCCN1CC(C(=O)OCC(C)(C)COC(=O)C2CC(=O)N(CCCCCCCC/C=C\CCCCCCCC)C2)CC1=O. The van der Waals surface area contributed by atoms with E-state index in [1.165, 1.54) is 154 Å². The third-order valence-electron chi connectivity index (χ3n) is 12.2. The van der Waals surface area contributed by atoms with E-state index in [1.54, 1.807) is 0 Å². The number of allylic oxidation sites excluding steroid dienone is 4. The third kappa shape index (κ3) is 26.3. The van der Waals surface area contributed by atoms with E-state index in [9.17, 15) is 19.2 Å². The Hall–Kier alpha value is -2.64. The molecule has 2 rings (SSSR count). The van der Waals surface area contributed by atoms with Gasteiger partial charge in [-0.15, -0.1) is 0 Å². The lowest BCUT2D eigenvalue weighted by Gasteiger charge is -2.25. The van der Waals surface area contributed by atoms with Gasteiger partial charge in [0.15, 0.2) is 0 Å². The number of rotatable bonds is 38. The van der Waals surface area contributed by atoms with E-state index in [4.69, 9.17) is 9.47 Å². The van der Waals surface area contributed by atoms with Crippen LogP contribution in [0.2, 0.25) is 0 Å². The molecule has 2 fully saturated rings. The maximum atomic E-state index is 12.9. The molecule has 0 aromatic heterocycles. The van der Waals surface area contributed by atoms with Crippen LogP contribution >= 0.6 is 0 Å². The smallest absolute Gasteiger partial charge is 0.311 e. The van der Waals surface area contributed by atoms with Crippen molar-refractivity contribution < 1.29 is 28.7 Å². The normalized spacial score (nSPS) is 17.4. The van der Waals surface area contributed by atoms with Gasteiger partial charge in [-0.1, -0.05) is 168 Å². The third-order valence-corrected chi connectivity index (χ3v) is 12.2. The predicted octanol–water partition coefficient (Wildman–Crippen LogP) is 12.9. The molecule has 0 saturated carbocycles.